The van der Waals surface area contributed by atoms with Crippen molar-refractivity contribution >= 4 is 21.6 Å². The van der Waals surface area contributed by atoms with Crippen LogP contribution in [0, 0.1) is 11.3 Å². The van der Waals surface area contributed by atoms with E-state index < -0.39 is 0 Å². The summed E-state index contributed by atoms with van der Waals surface area (Å²) < 4.78 is 6.63. The Balaban J connectivity index is 2.13. The molecule has 0 spiro atoms. The van der Waals surface area contributed by atoms with E-state index in [1.807, 2.05) is 24.3 Å². The number of halogens is 1. The van der Waals surface area contributed by atoms with E-state index in [1.54, 1.807) is 18.2 Å². The molecule has 0 saturated heterocycles. The lowest BCUT2D eigenvalue weighted by Crippen LogP contribution is -1.99. The largest absolute Gasteiger partial charge is 0.487 e. The summed E-state index contributed by atoms with van der Waals surface area (Å²) in [5, 5.41) is 8.82. The zero-order valence-corrected chi connectivity index (χ0v) is 11.1. The van der Waals surface area contributed by atoms with E-state index in [2.05, 4.69) is 22.0 Å². The lowest BCUT2D eigenvalue weighted by Gasteiger charge is -2.09. The number of nitrogens with zero attached hydrogens (tertiary/aromatic N) is 1. The molecule has 2 aromatic rings. The van der Waals surface area contributed by atoms with Crippen molar-refractivity contribution in [3.63, 3.8) is 0 Å². The Kier molecular flexibility index (Phi) is 3.85. The van der Waals surface area contributed by atoms with E-state index >= 15 is 0 Å². The van der Waals surface area contributed by atoms with Gasteiger partial charge in [-0.1, -0.05) is 28.1 Å². The molecule has 2 aromatic carbocycles. The van der Waals surface area contributed by atoms with Crippen molar-refractivity contribution in [2.45, 2.75) is 6.61 Å². The van der Waals surface area contributed by atoms with Crippen molar-refractivity contribution in [1.82, 2.24) is 0 Å². The van der Waals surface area contributed by atoms with Crippen molar-refractivity contribution < 1.29 is 4.74 Å². The van der Waals surface area contributed by atoms with Crippen molar-refractivity contribution in [3.05, 3.63) is 58.1 Å². The summed E-state index contributed by atoms with van der Waals surface area (Å²) in [6, 6.07) is 14.9. The van der Waals surface area contributed by atoms with Crippen LogP contribution in [0.2, 0.25) is 0 Å². The van der Waals surface area contributed by atoms with Gasteiger partial charge in [0.1, 0.15) is 12.4 Å². The summed E-state index contributed by atoms with van der Waals surface area (Å²) in [6.07, 6.45) is 0. The van der Waals surface area contributed by atoms with Gasteiger partial charge in [-0.3, -0.25) is 0 Å². The second kappa shape index (κ2) is 5.56. The Labute approximate surface area is 114 Å². The molecule has 0 saturated carbocycles. The zero-order valence-electron chi connectivity index (χ0n) is 9.56. The minimum atomic E-state index is 0.415. The van der Waals surface area contributed by atoms with Gasteiger partial charge in [0.15, 0.2) is 0 Å². The number of anilines is 1. The quantitative estimate of drug-likeness (QED) is 0.883. The third-order valence-corrected chi connectivity index (χ3v) is 2.92. The maximum atomic E-state index is 8.82. The summed E-state index contributed by atoms with van der Waals surface area (Å²) in [7, 11) is 0. The third kappa shape index (κ3) is 3.02. The van der Waals surface area contributed by atoms with Crippen LogP contribution in [-0.4, -0.2) is 0 Å². The lowest BCUT2D eigenvalue weighted by molar-refractivity contribution is 0.308. The van der Waals surface area contributed by atoms with Gasteiger partial charge in [-0.2, -0.15) is 5.26 Å². The normalized spacial score (nSPS) is 9.78. The molecule has 2 N–H and O–H groups in total. The highest BCUT2D eigenvalue weighted by Crippen LogP contribution is 2.24. The molecule has 0 unspecified atom stereocenters. The lowest BCUT2D eigenvalue weighted by atomic mass is 10.2. The predicted molar refractivity (Wildman–Crippen MR) is 74.0 cm³/mol. The van der Waals surface area contributed by atoms with Crippen molar-refractivity contribution in [2.24, 2.45) is 0 Å². The first kappa shape index (κ1) is 12.5. The molecule has 0 aromatic heterocycles. The van der Waals surface area contributed by atoms with Crippen LogP contribution in [0.3, 0.4) is 0 Å². The number of nitriles is 1. The van der Waals surface area contributed by atoms with Gasteiger partial charge in [-0.25, -0.2) is 0 Å². The van der Waals surface area contributed by atoms with Gasteiger partial charge in [0.25, 0.3) is 0 Å². The van der Waals surface area contributed by atoms with Gasteiger partial charge in [0.2, 0.25) is 0 Å². The Hall–Kier alpha value is -1.99. The first-order valence-corrected chi connectivity index (χ1v) is 6.15. The number of rotatable bonds is 3. The molecule has 18 heavy (non-hydrogen) atoms. The number of hydrogen-bond donors (Lipinski definition) is 1. The third-order valence-electron chi connectivity index (χ3n) is 2.43. The summed E-state index contributed by atoms with van der Waals surface area (Å²) in [6.45, 7) is 0.415. The van der Waals surface area contributed by atoms with Crippen molar-refractivity contribution in [1.29, 1.82) is 5.26 Å². The molecule has 3 nitrogen and oxygen atoms in total. The van der Waals surface area contributed by atoms with E-state index in [4.69, 9.17) is 15.7 Å². The van der Waals surface area contributed by atoms with Gasteiger partial charge in [-0.05, 0) is 29.8 Å². The maximum absolute atomic E-state index is 8.82. The van der Waals surface area contributed by atoms with Gasteiger partial charge >= 0.3 is 0 Å². The maximum Gasteiger partial charge on any atom is 0.144 e. The smallest absolute Gasteiger partial charge is 0.144 e. The molecule has 0 fully saturated rings. The Morgan fingerprint density at radius 3 is 2.78 bits per heavy atom. The average molecular weight is 303 g/mol. The Morgan fingerprint density at radius 2 is 2.06 bits per heavy atom. The fourth-order valence-electron chi connectivity index (χ4n) is 1.52. The van der Waals surface area contributed by atoms with Crippen molar-refractivity contribution in [2.75, 3.05) is 5.73 Å². The molecule has 0 aliphatic carbocycles. The molecule has 0 atom stereocenters. The van der Waals surface area contributed by atoms with Crippen LogP contribution in [0.5, 0.6) is 5.75 Å². The molecule has 2 rings (SSSR count). The van der Waals surface area contributed by atoms with Gasteiger partial charge in [-0.15, -0.1) is 0 Å². The molecular formula is C14H11BrN2O. The molecule has 4 heteroatoms. The van der Waals surface area contributed by atoms with Crippen molar-refractivity contribution in [3.8, 4) is 11.8 Å². The van der Waals surface area contributed by atoms with Gasteiger partial charge in [0, 0.05) is 10.5 Å². The highest BCUT2D eigenvalue weighted by atomic mass is 79.9. The van der Waals surface area contributed by atoms with Crippen LogP contribution in [-0.2, 0) is 6.61 Å². The molecule has 0 aliphatic heterocycles. The predicted octanol–water partition coefficient (Wildman–Crippen LogP) is 3.48. The minimum absolute atomic E-state index is 0.415. The molecule has 0 radical (unpaired) electrons. The second-order valence-electron chi connectivity index (χ2n) is 3.78. The summed E-state index contributed by atoms with van der Waals surface area (Å²) in [4.78, 5) is 0. The van der Waals surface area contributed by atoms with E-state index in [1.165, 1.54) is 0 Å². The molecule has 90 valence electrons. The number of ether oxygens (including phenoxy) is 1. The van der Waals surface area contributed by atoms with E-state index in [9.17, 15) is 0 Å². The minimum Gasteiger partial charge on any atom is -0.487 e. The summed E-state index contributed by atoms with van der Waals surface area (Å²) in [5.41, 5.74) is 7.90. The number of nitrogen functional groups attached to an aromatic ring is 1. The molecule has 0 amide bonds. The van der Waals surface area contributed by atoms with E-state index in [0.29, 0.717) is 23.6 Å². The average Bonchev–Trinajstić information content (AvgIpc) is 2.38. The Bertz CT molecular complexity index is 605. The van der Waals surface area contributed by atoms with E-state index in [0.717, 1.165) is 10.0 Å². The van der Waals surface area contributed by atoms with Crippen LogP contribution in [0.25, 0.3) is 0 Å². The topological polar surface area (TPSA) is 59.0 Å². The molecule has 0 bridgehead atoms. The van der Waals surface area contributed by atoms with Crippen LogP contribution >= 0.6 is 15.9 Å². The van der Waals surface area contributed by atoms with Crippen LogP contribution in [0.15, 0.2) is 46.9 Å². The van der Waals surface area contributed by atoms with Crippen LogP contribution in [0.4, 0.5) is 5.69 Å². The Morgan fingerprint density at radius 1 is 1.22 bits per heavy atom. The summed E-state index contributed by atoms with van der Waals surface area (Å²) in [5.74, 6) is 0.536. The van der Waals surface area contributed by atoms with Crippen LogP contribution < -0.4 is 10.5 Å². The monoisotopic (exact) mass is 302 g/mol. The molecular weight excluding hydrogens is 292 g/mol. The van der Waals surface area contributed by atoms with Crippen LogP contribution in [0.1, 0.15) is 11.1 Å². The SMILES string of the molecule is N#Cc1ccc(N)c(OCc2cccc(Br)c2)c1. The number of nitrogens with two attached hydrogens (primary N) is 1. The van der Waals surface area contributed by atoms with E-state index in [-0.39, 0.29) is 0 Å². The summed E-state index contributed by atoms with van der Waals surface area (Å²) >= 11 is 3.40. The standard InChI is InChI=1S/C14H11BrN2O/c15-12-3-1-2-11(6-12)9-18-14-7-10(8-16)4-5-13(14)17/h1-7H,9,17H2. The first-order valence-electron chi connectivity index (χ1n) is 5.36. The fourth-order valence-corrected chi connectivity index (χ4v) is 1.96. The highest BCUT2D eigenvalue weighted by molar-refractivity contribution is 9.10. The fraction of sp³-hybridized carbons (Fsp3) is 0.0714. The number of benzene rings is 2. The zero-order chi connectivity index (χ0) is 13.0. The van der Waals surface area contributed by atoms with Gasteiger partial charge < -0.3 is 10.5 Å². The second-order valence-corrected chi connectivity index (χ2v) is 4.70. The van der Waals surface area contributed by atoms with Gasteiger partial charge in [0.05, 0.1) is 17.3 Å². The highest BCUT2D eigenvalue weighted by Gasteiger charge is 2.03. The molecule has 0 aliphatic rings. The molecule has 0 heterocycles. The number of hydrogen-bond acceptors (Lipinski definition) is 3. The first-order chi connectivity index (χ1) is 8.69.